The molecule has 2 heterocycles. The molecule has 18 heavy (non-hydrogen) atoms. The van der Waals surface area contributed by atoms with E-state index >= 15 is 0 Å². The van der Waals surface area contributed by atoms with Crippen LogP contribution in [-0.2, 0) is 9.31 Å². The smallest absolute Gasteiger partial charge is 0.469 e. The molecule has 1 aliphatic heterocycles. The zero-order valence-electron chi connectivity index (χ0n) is 12.2. The van der Waals surface area contributed by atoms with E-state index in [0.717, 1.165) is 17.8 Å². The summed E-state index contributed by atoms with van der Waals surface area (Å²) in [6, 6.07) is 3.98. The van der Waals surface area contributed by atoms with E-state index < -0.39 is 7.12 Å². The van der Waals surface area contributed by atoms with Crippen LogP contribution in [0, 0.1) is 0 Å². The molecule has 0 aliphatic carbocycles. The third kappa shape index (κ3) is 2.24. The van der Waals surface area contributed by atoms with Crippen LogP contribution in [0.4, 0.5) is 0 Å². The van der Waals surface area contributed by atoms with E-state index in [-0.39, 0.29) is 11.2 Å². The lowest BCUT2D eigenvalue weighted by atomic mass is 9.86. The van der Waals surface area contributed by atoms with Gasteiger partial charge in [0, 0.05) is 5.92 Å². The third-order valence-corrected chi connectivity index (χ3v) is 4.23. The van der Waals surface area contributed by atoms with E-state index in [2.05, 4.69) is 13.8 Å². The van der Waals surface area contributed by atoms with E-state index in [9.17, 15) is 0 Å². The Morgan fingerprint density at radius 3 is 2.17 bits per heavy atom. The molecule has 0 N–H and O–H groups in total. The first-order chi connectivity index (χ1) is 8.27. The van der Waals surface area contributed by atoms with Gasteiger partial charge in [-0.2, -0.15) is 0 Å². The Bertz CT molecular complexity index is 406. The summed E-state index contributed by atoms with van der Waals surface area (Å²) in [7, 11) is -0.396. The van der Waals surface area contributed by atoms with Gasteiger partial charge in [0.1, 0.15) is 11.4 Å². The molecule has 1 aromatic rings. The number of rotatable bonds is 3. The van der Waals surface area contributed by atoms with Gasteiger partial charge in [-0.1, -0.05) is 13.8 Å². The molecular formula is C14H23BO3. The Balaban J connectivity index is 2.17. The lowest BCUT2D eigenvalue weighted by Crippen LogP contribution is -2.41. The van der Waals surface area contributed by atoms with Crippen LogP contribution >= 0.6 is 0 Å². The van der Waals surface area contributed by atoms with Crippen LogP contribution in [0.2, 0.25) is 0 Å². The van der Waals surface area contributed by atoms with Crippen molar-refractivity contribution in [2.75, 3.05) is 0 Å². The topological polar surface area (TPSA) is 31.6 Å². The minimum absolute atomic E-state index is 0.318. The maximum Gasteiger partial charge on any atom is 0.532 e. The second-order valence-electron chi connectivity index (χ2n) is 6.14. The fraction of sp³-hybridized carbons (Fsp3) is 0.714. The summed E-state index contributed by atoms with van der Waals surface area (Å²) in [4.78, 5) is 0. The zero-order chi connectivity index (χ0) is 13.6. The average Bonchev–Trinajstić information content (AvgIpc) is 2.82. The van der Waals surface area contributed by atoms with Crippen molar-refractivity contribution in [3.63, 3.8) is 0 Å². The first-order valence-corrected chi connectivity index (χ1v) is 6.72. The van der Waals surface area contributed by atoms with Crippen LogP contribution < -0.4 is 5.66 Å². The molecule has 1 aromatic heterocycles. The second kappa shape index (κ2) is 4.43. The SMILES string of the molecule is CCC(C)c1ccc(B2OC(C)(C)C(C)(C)O2)o1. The molecule has 0 saturated carbocycles. The molecule has 100 valence electrons. The van der Waals surface area contributed by atoms with Gasteiger partial charge in [-0.3, -0.25) is 0 Å². The van der Waals surface area contributed by atoms with Crippen molar-refractivity contribution in [3.05, 3.63) is 17.9 Å². The monoisotopic (exact) mass is 250 g/mol. The largest absolute Gasteiger partial charge is 0.532 e. The van der Waals surface area contributed by atoms with E-state index in [4.69, 9.17) is 13.7 Å². The molecule has 0 radical (unpaired) electrons. The van der Waals surface area contributed by atoms with Gasteiger partial charge in [-0.15, -0.1) is 0 Å². The predicted octanol–water partition coefficient (Wildman–Crippen LogP) is 3.09. The molecule has 0 amide bonds. The molecular weight excluding hydrogens is 227 g/mol. The normalized spacial score (nSPS) is 23.3. The van der Waals surface area contributed by atoms with E-state index in [1.165, 1.54) is 0 Å². The highest BCUT2D eigenvalue weighted by Crippen LogP contribution is 2.36. The molecule has 1 saturated heterocycles. The van der Waals surface area contributed by atoms with Crippen LogP contribution in [0.5, 0.6) is 0 Å². The Kier molecular flexibility index (Phi) is 3.37. The lowest BCUT2D eigenvalue weighted by molar-refractivity contribution is 0.00578. The summed E-state index contributed by atoms with van der Waals surface area (Å²) in [5.74, 6) is 1.43. The first kappa shape index (κ1) is 13.7. The fourth-order valence-corrected chi connectivity index (χ4v) is 1.92. The Morgan fingerprint density at radius 2 is 1.67 bits per heavy atom. The van der Waals surface area contributed by atoms with E-state index in [0.29, 0.717) is 5.92 Å². The van der Waals surface area contributed by atoms with Gasteiger partial charge in [0.05, 0.1) is 11.2 Å². The summed E-state index contributed by atoms with van der Waals surface area (Å²) in [6.07, 6.45) is 1.07. The van der Waals surface area contributed by atoms with Crippen LogP contribution in [0.25, 0.3) is 0 Å². The van der Waals surface area contributed by atoms with Crippen molar-refractivity contribution >= 4 is 12.8 Å². The second-order valence-corrected chi connectivity index (χ2v) is 6.14. The van der Waals surface area contributed by atoms with Gasteiger partial charge in [0.25, 0.3) is 0 Å². The summed E-state index contributed by atoms with van der Waals surface area (Å²) in [5.41, 5.74) is 0.131. The van der Waals surface area contributed by atoms with Gasteiger partial charge in [0.15, 0.2) is 0 Å². The predicted molar refractivity (Wildman–Crippen MR) is 73.1 cm³/mol. The van der Waals surface area contributed by atoms with Crippen LogP contribution in [0.1, 0.15) is 59.6 Å². The summed E-state index contributed by atoms with van der Waals surface area (Å²) in [5, 5.41) is 0. The van der Waals surface area contributed by atoms with Gasteiger partial charge >= 0.3 is 7.12 Å². The quantitative estimate of drug-likeness (QED) is 0.772. The first-order valence-electron chi connectivity index (χ1n) is 6.72. The molecule has 2 rings (SSSR count). The van der Waals surface area contributed by atoms with Crippen molar-refractivity contribution in [2.45, 2.75) is 65.1 Å². The van der Waals surface area contributed by atoms with Crippen molar-refractivity contribution < 1.29 is 13.7 Å². The van der Waals surface area contributed by atoms with Crippen molar-refractivity contribution in [2.24, 2.45) is 0 Å². The van der Waals surface area contributed by atoms with Gasteiger partial charge in [0.2, 0.25) is 0 Å². The summed E-state index contributed by atoms with van der Waals surface area (Å²) in [6.45, 7) is 12.5. The molecule has 0 spiro atoms. The van der Waals surface area contributed by atoms with Crippen LogP contribution in [0.15, 0.2) is 16.5 Å². The zero-order valence-corrected chi connectivity index (χ0v) is 12.2. The maximum absolute atomic E-state index is 5.96. The Morgan fingerprint density at radius 1 is 1.11 bits per heavy atom. The Labute approximate surface area is 110 Å². The molecule has 3 nitrogen and oxygen atoms in total. The summed E-state index contributed by atoms with van der Waals surface area (Å²) >= 11 is 0. The molecule has 0 aromatic carbocycles. The van der Waals surface area contributed by atoms with Crippen LogP contribution in [-0.4, -0.2) is 18.3 Å². The average molecular weight is 250 g/mol. The summed E-state index contributed by atoms with van der Waals surface area (Å²) < 4.78 is 17.8. The van der Waals surface area contributed by atoms with Gasteiger partial charge in [-0.25, -0.2) is 0 Å². The van der Waals surface area contributed by atoms with Gasteiger partial charge < -0.3 is 13.7 Å². The number of hydrogen-bond acceptors (Lipinski definition) is 3. The minimum atomic E-state index is -0.396. The molecule has 1 fully saturated rings. The number of hydrogen-bond donors (Lipinski definition) is 0. The number of furan rings is 1. The van der Waals surface area contributed by atoms with E-state index in [1.54, 1.807) is 0 Å². The van der Waals surface area contributed by atoms with Crippen molar-refractivity contribution in [1.82, 2.24) is 0 Å². The van der Waals surface area contributed by atoms with Crippen molar-refractivity contribution in [1.29, 1.82) is 0 Å². The Hall–Kier alpha value is -0.735. The molecule has 0 bridgehead atoms. The van der Waals surface area contributed by atoms with Crippen LogP contribution in [0.3, 0.4) is 0 Å². The van der Waals surface area contributed by atoms with E-state index in [1.807, 2.05) is 39.8 Å². The third-order valence-electron chi connectivity index (χ3n) is 4.23. The minimum Gasteiger partial charge on any atom is -0.469 e. The highest BCUT2D eigenvalue weighted by molar-refractivity contribution is 6.60. The standard InChI is InChI=1S/C14H23BO3/c1-7-10(2)11-8-9-12(16-11)15-17-13(3,4)14(5,6)18-15/h8-10H,7H2,1-6H3. The highest BCUT2D eigenvalue weighted by atomic mass is 16.7. The molecule has 1 aliphatic rings. The molecule has 1 atom stereocenters. The van der Waals surface area contributed by atoms with Gasteiger partial charge in [-0.05, 0) is 46.2 Å². The molecule has 4 heteroatoms. The fourth-order valence-electron chi connectivity index (χ4n) is 1.92. The lowest BCUT2D eigenvalue weighted by Gasteiger charge is -2.32. The molecule has 1 unspecified atom stereocenters. The maximum atomic E-state index is 5.96. The highest BCUT2D eigenvalue weighted by Gasteiger charge is 2.53. The van der Waals surface area contributed by atoms with Crippen molar-refractivity contribution in [3.8, 4) is 0 Å².